The number of hydrogen-bond acceptors (Lipinski definition) is 5. The molecule has 3 aromatic heterocycles. The van der Waals surface area contributed by atoms with E-state index in [1.165, 1.54) is 29.8 Å². The standard InChI is InChI=1S/C20H15FN6O2/c1-12(28)23-17-10-13(8-9-22-17)15-11-27(18-6-7-19(29)25-24-18)26-20(15)14-4-2-3-5-16(14)21/h2-11H,1H3,(H,25,29)(H,22,23,28). The average molecular weight is 390 g/mol. The van der Waals surface area contributed by atoms with Crippen molar-refractivity contribution in [1.82, 2.24) is 25.0 Å². The fraction of sp³-hybridized carbons (Fsp3) is 0.0500. The maximum absolute atomic E-state index is 14.5. The Morgan fingerprint density at radius 2 is 1.97 bits per heavy atom. The van der Waals surface area contributed by atoms with Gasteiger partial charge in [0.2, 0.25) is 5.91 Å². The average Bonchev–Trinajstić information content (AvgIpc) is 3.14. The van der Waals surface area contributed by atoms with Crippen molar-refractivity contribution in [2.24, 2.45) is 0 Å². The molecule has 4 rings (SSSR count). The summed E-state index contributed by atoms with van der Waals surface area (Å²) in [5.41, 5.74) is 1.64. The van der Waals surface area contributed by atoms with Crippen LogP contribution >= 0.6 is 0 Å². The Hall–Kier alpha value is -4.14. The first-order valence-corrected chi connectivity index (χ1v) is 8.66. The largest absolute Gasteiger partial charge is 0.311 e. The summed E-state index contributed by atoms with van der Waals surface area (Å²) in [5.74, 6) is 0.0515. The van der Waals surface area contributed by atoms with Crippen LogP contribution in [0.4, 0.5) is 10.2 Å². The normalized spacial score (nSPS) is 10.7. The van der Waals surface area contributed by atoms with Crippen molar-refractivity contribution >= 4 is 11.7 Å². The van der Waals surface area contributed by atoms with Gasteiger partial charge in [-0.1, -0.05) is 12.1 Å². The van der Waals surface area contributed by atoms with Crippen molar-refractivity contribution in [3.63, 3.8) is 0 Å². The molecule has 4 aromatic rings. The minimum Gasteiger partial charge on any atom is -0.311 e. The van der Waals surface area contributed by atoms with Crippen LogP contribution in [0.2, 0.25) is 0 Å². The Labute approximate surface area is 164 Å². The highest BCUT2D eigenvalue weighted by molar-refractivity contribution is 5.89. The summed E-state index contributed by atoms with van der Waals surface area (Å²) >= 11 is 0. The van der Waals surface area contributed by atoms with Crippen molar-refractivity contribution in [3.05, 3.63) is 77.1 Å². The molecule has 0 saturated heterocycles. The molecule has 1 aromatic carbocycles. The molecule has 1 amide bonds. The smallest absolute Gasteiger partial charge is 0.264 e. The molecule has 0 saturated carbocycles. The van der Waals surface area contributed by atoms with Gasteiger partial charge in [0.1, 0.15) is 17.3 Å². The van der Waals surface area contributed by atoms with Gasteiger partial charge in [-0.3, -0.25) is 9.59 Å². The van der Waals surface area contributed by atoms with Crippen LogP contribution in [0.1, 0.15) is 6.92 Å². The highest BCUT2D eigenvalue weighted by Gasteiger charge is 2.18. The lowest BCUT2D eigenvalue weighted by Crippen LogP contribution is -2.09. The SMILES string of the molecule is CC(=O)Nc1cc(-c2cn(-c3ccc(=O)[nH]n3)nc2-c2ccccc2F)ccn1. The van der Waals surface area contributed by atoms with E-state index in [1.807, 2.05) is 0 Å². The van der Waals surface area contributed by atoms with Crippen LogP contribution in [0, 0.1) is 5.82 Å². The van der Waals surface area contributed by atoms with Gasteiger partial charge in [0.05, 0.1) is 0 Å². The molecule has 0 fully saturated rings. The van der Waals surface area contributed by atoms with Gasteiger partial charge >= 0.3 is 0 Å². The Morgan fingerprint density at radius 3 is 2.69 bits per heavy atom. The number of rotatable bonds is 4. The van der Waals surface area contributed by atoms with Crippen LogP contribution in [0.15, 0.2) is 65.7 Å². The number of halogens is 1. The van der Waals surface area contributed by atoms with Gasteiger partial charge in [0.15, 0.2) is 5.82 Å². The van der Waals surface area contributed by atoms with E-state index in [-0.39, 0.29) is 11.5 Å². The second-order valence-corrected chi connectivity index (χ2v) is 6.21. The van der Waals surface area contributed by atoms with Crippen LogP contribution in [0.25, 0.3) is 28.2 Å². The number of carbonyl (C=O) groups is 1. The summed E-state index contributed by atoms with van der Waals surface area (Å²) in [6, 6.07) is 12.5. The third-order valence-electron chi connectivity index (χ3n) is 4.12. The van der Waals surface area contributed by atoms with Gasteiger partial charge in [-0.25, -0.2) is 19.2 Å². The number of H-pyrrole nitrogens is 1. The van der Waals surface area contributed by atoms with Crippen LogP contribution in [-0.4, -0.2) is 30.9 Å². The molecule has 0 atom stereocenters. The Balaban J connectivity index is 1.90. The summed E-state index contributed by atoms with van der Waals surface area (Å²) in [6.45, 7) is 1.39. The molecule has 0 aliphatic heterocycles. The Kier molecular flexibility index (Phi) is 4.70. The molecular weight excluding hydrogens is 375 g/mol. The van der Waals surface area contributed by atoms with E-state index >= 15 is 0 Å². The molecule has 0 unspecified atom stereocenters. The van der Waals surface area contributed by atoms with Crippen molar-refractivity contribution in [2.45, 2.75) is 6.92 Å². The zero-order chi connectivity index (χ0) is 20.4. The number of pyridine rings is 1. The number of amides is 1. The van der Waals surface area contributed by atoms with E-state index in [0.29, 0.717) is 34.0 Å². The molecule has 144 valence electrons. The lowest BCUT2D eigenvalue weighted by molar-refractivity contribution is -0.114. The molecular formula is C20H15FN6O2. The first kappa shape index (κ1) is 18.2. The fourth-order valence-corrected chi connectivity index (χ4v) is 2.87. The van der Waals surface area contributed by atoms with E-state index in [2.05, 4.69) is 25.6 Å². The second-order valence-electron chi connectivity index (χ2n) is 6.21. The predicted octanol–water partition coefficient (Wildman–Crippen LogP) is 2.78. The number of nitrogens with zero attached hydrogens (tertiary/aromatic N) is 4. The van der Waals surface area contributed by atoms with Crippen LogP contribution in [0.5, 0.6) is 0 Å². The lowest BCUT2D eigenvalue weighted by atomic mass is 10.0. The van der Waals surface area contributed by atoms with Crippen molar-refractivity contribution in [1.29, 1.82) is 0 Å². The molecule has 0 aliphatic rings. The van der Waals surface area contributed by atoms with E-state index < -0.39 is 5.82 Å². The summed E-state index contributed by atoms with van der Waals surface area (Å²) < 4.78 is 16.0. The van der Waals surface area contributed by atoms with E-state index in [9.17, 15) is 14.0 Å². The van der Waals surface area contributed by atoms with E-state index in [4.69, 9.17) is 0 Å². The number of carbonyl (C=O) groups excluding carboxylic acids is 1. The lowest BCUT2D eigenvalue weighted by Gasteiger charge is -2.06. The first-order chi connectivity index (χ1) is 14.0. The zero-order valence-electron chi connectivity index (χ0n) is 15.3. The van der Waals surface area contributed by atoms with Gasteiger partial charge < -0.3 is 5.32 Å². The molecule has 3 heterocycles. The monoisotopic (exact) mass is 390 g/mol. The van der Waals surface area contributed by atoms with Crippen molar-refractivity contribution in [3.8, 4) is 28.2 Å². The summed E-state index contributed by atoms with van der Waals surface area (Å²) in [6.07, 6.45) is 3.22. The fourth-order valence-electron chi connectivity index (χ4n) is 2.87. The second kappa shape index (κ2) is 7.47. The summed E-state index contributed by atoms with van der Waals surface area (Å²) in [4.78, 5) is 26.8. The van der Waals surface area contributed by atoms with Crippen LogP contribution in [0.3, 0.4) is 0 Å². The van der Waals surface area contributed by atoms with E-state index in [0.717, 1.165) is 0 Å². The predicted molar refractivity (Wildman–Crippen MR) is 105 cm³/mol. The maximum atomic E-state index is 14.5. The summed E-state index contributed by atoms with van der Waals surface area (Å²) in [5, 5.41) is 13.4. The topological polar surface area (TPSA) is 106 Å². The first-order valence-electron chi connectivity index (χ1n) is 8.66. The van der Waals surface area contributed by atoms with Gasteiger partial charge in [-0.2, -0.15) is 10.2 Å². The molecule has 0 aliphatic carbocycles. The zero-order valence-corrected chi connectivity index (χ0v) is 15.3. The molecule has 29 heavy (non-hydrogen) atoms. The number of anilines is 1. The summed E-state index contributed by atoms with van der Waals surface area (Å²) in [7, 11) is 0. The van der Waals surface area contributed by atoms with Gasteiger partial charge in [-0.15, -0.1) is 0 Å². The minimum absolute atomic E-state index is 0.253. The third kappa shape index (κ3) is 3.79. The van der Waals surface area contributed by atoms with E-state index in [1.54, 1.807) is 42.7 Å². The molecule has 8 nitrogen and oxygen atoms in total. The number of hydrogen-bond donors (Lipinski definition) is 2. The number of nitrogens with one attached hydrogen (secondary N) is 2. The number of aromatic amines is 1. The highest BCUT2D eigenvalue weighted by Crippen LogP contribution is 2.33. The Morgan fingerprint density at radius 1 is 1.14 bits per heavy atom. The van der Waals surface area contributed by atoms with Crippen molar-refractivity contribution in [2.75, 3.05) is 5.32 Å². The van der Waals surface area contributed by atoms with Gasteiger partial charge in [0, 0.05) is 36.5 Å². The van der Waals surface area contributed by atoms with Crippen LogP contribution in [-0.2, 0) is 4.79 Å². The molecule has 2 N–H and O–H groups in total. The van der Waals surface area contributed by atoms with Gasteiger partial charge in [-0.05, 0) is 35.9 Å². The Bertz CT molecular complexity index is 1240. The quantitative estimate of drug-likeness (QED) is 0.557. The number of aromatic nitrogens is 5. The third-order valence-corrected chi connectivity index (χ3v) is 4.12. The molecule has 0 spiro atoms. The van der Waals surface area contributed by atoms with Crippen LogP contribution < -0.4 is 10.9 Å². The van der Waals surface area contributed by atoms with Gasteiger partial charge in [0.25, 0.3) is 5.56 Å². The highest BCUT2D eigenvalue weighted by atomic mass is 19.1. The number of benzene rings is 1. The minimum atomic E-state index is -0.426. The molecule has 0 bridgehead atoms. The van der Waals surface area contributed by atoms with Crippen molar-refractivity contribution < 1.29 is 9.18 Å². The molecule has 9 heteroatoms. The maximum Gasteiger partial charge on any atom is 0.264 e. The molecule has 0 radical (unpaired) electrons.